The van der Waals surface area contributed by atoms with E-state index in [9.17, 15) is 31.8 Å². The lowest BCUT2D eigenvalue weighted by Crippen LogP contribution is -2.49. The van der Waals surface area contributed by atoms with Gasteiger partial charge in [0.15, 0.2) is 0 Å². The number of hydrogen-bond acceptors (Lipinski definition) is 13. The van der Waals surface area contributed by atoms with Crippen molar-refractivity contribution in [2.45, 2.75) is 49.9 Å². The van der Waals surface area contributed by atoms with Gasteiger partial charge in [-0.2, -0.15) is 22.8 Å². The third-order valence-electron chi connectivity index (χ3n) is 6.35. The van der Waals surface area contributed by atoms with E-state index < -0.39 is 63.8 Å². The molecule has 1 unspecified atom stereocenters. The first-order valence-corrected chi connectivity index (χ1v) is 14.7. The van der Waals surface area contributed by atoms with Crippen molar-refractivity contribution in [2.75, 3.05) is 39.4 Å². The van der Waals surface area contributed by atoms with Crippen LogP contribution in [0.2, 0.25) is 0 Å². The number of rotatable bonds is 12. The van der Waals surface area contributed by atoms with Gasteiger partial charge in [-0.05, 0) is 25.7 Å². The monoisotopic (exact) mass is 632 g/mol. The maximum atomic E-state index is 12.0. The lowest BCUT2D eigenvalue weighted by Gasteiger charge is -2.28. The molecule has 6 amide bonds. The minimum absolute atomic E-state index is 0.128. The Morgan fingerprint density at radius 3 is 1.73 bits per heavy atom. The van der Waals surface area contributed by atoms with E-state index in [0.717, 1.165) is 5.06 Å². The molecule has 4 saturated heterocycles. The number of amides is 6. The smallest absolute Gasteiger partial charge is 0.328 e. The van der Waals surface area contributed by atoms with Crippen molar-refractivity contribution in [2.24, 2.45) is 11.5 Å². The van der Waals surface area contributed by atoms with Crippen LogP contribution in [-0.4, -0.2) is 129 Å². The highest BCUT2D eigenvalue weighted by atomic mass is 32.3. The first kappa shape index (κ1) is 32.8. The summed E-state index contributed by atoms with van der Waals surface area (Å²) in [6.07, 6.45) is 1.59. The molecule has 4 aliphatic rings. The van der Waals surface area contributed by atoms with Crippen molar-refractivity contribution < 1.29 is 59.2 Å². The van der Waals surface area contributed by atoms with E-state index >= 15 is 0 Å². The fraction of sp³-hybridized carbons (Fsp3) is 0.778. The summed E-state index contributed by atoms with van der Waals surface area (Å²) in [7, 11) is -4.80. The molecule has 0 aliphatic carbocycles. The topological polar surface area (TPSA) is 286 Å². The number of carbonyl (C=O) groups is 4. The Labute approximate surface area is 236 Å². The summed E-state index contributed by atoms with van der Waals surface area (Å²) in [5.74, 6) is -0.971. The average Bonchev–Trinajstić information content (AvgIpc) is 3.28. The highest BCUT2D eigenvalue weighted by molar-refractivity contribution is 7.80. The van der Waals surface area contributed by atoms with Gasteiger partial charge in [-0.1, -0.05) is 0 Å². The van der Waals surface area contributed by atoms with E-state index in [1.54, 1.807) is 0 Å². The zero-order valence-corrected chi connectivity index (χ0v) is 23.2. The second-order valence-electron chi connectivity index (χ2n) is 9.02. The average molecular weight is 633 g/mol. The SMILES string of the molecule is NCCONC(=O)[C@@H]1CC[C@@H]2CN1C(=O)N2OS(=O)(=O)O.NCCONC(=O)[C@@H]1CC[C@@H]2CN1C(=O)N2OS(=O)O. The van der Waals surface area contributed by atoms with Crippen LogP contribution in [0.25, 0.3) is 0 Å². The van der Waals surface area contributed by atoms with Gasteiger partial charge in [-0.15, -0.1) is 8.57 Å². The summed E-state index contributed by atoms with van der Waals surface area (Å²) in [6, 6.07) is -3.73. The minimum Gasteiger partial charge on any atom is -0.328 e. The van der Waals surface area contributed by atoms with Gasteiger partial charge in [0.1, 0.15) is 12.1 Å². The molecular formula is C18H32N8O13S2. The van der Waals surface area contributed by atoms with Gasteiger partial charge in [0.05, 0.1) is 25.3 Å². The molecule has 0 radical (unpaired) electrons. The molecular weight excluding hydrogens is 600 g/mol. The second kappa shape index (κ2) is 14.4. The highest BCUT2D eigenvalue weighted by Crippen LogP contribution is 2.31. The molecule has 4 rings (SSSR count). The number of nitrogens with zero attached hydrogens (tertiary/aromatic N) is 4. The van der Waals surface area contributed by atoms with Crippen LogP contribution in [0.4, 0.5) is 9.59 Å². The molecule has 21 nitrogen and oxygen atoms in total. The quantitative estimate of drug-likeness (QED) is 0.0523. The molecule has 41 heavy (non-hydrogen) atoms. The summed E-state index contributed by atoms with van der Waals surface area (Å²) in [4.78, 5) is 59.9. The van der Waals surface area contributed by atoms with E-state index in [-0.39, 0.29) is 45.4 Å². The van der Waals surface area contributed by atoms with Crippen molar-refractivity contribution in [3.8, 4) is 0 Å². The molecule has 4 heterocycles. The van der Waals surface area contributed by atoms with Crippen LogP contribution in [-0.2, 0) is 49.6 Å². The summed E-state index contributed by atoms with van der Waals surface area (Å²) < 4.78 is 58.2. The number of hydrogen-bond donors (Lipinski definition) is 6. The van der Waals surface area contributed by atoms with E-state index in [1.165, 1.54) is 9.80 Å². The van der Waals surface area contributed by atoms with E-state index in [0.29, 0.717) is 30.7 Å². The molecule has 5 atom stereocenters. The Kier molecular flexibility index (Phi) is 11.5. The normalized spacial score (nSPS) is 26.0. The summed E-state index contributed by atoms with van der Waals surface area (Å²) in [6.45, 7) is 1.19. The molecule has 8 N–H and O–H groups in total. The number of fused-ring (bicyclic) bond motifs is 4. The van der Waals surface area contributed by atoms with Gasteiger partial charge in [-0.25, -0.2) is 20.5 Å². The lowest BCUT2D eigenvalue weighted by atomic mass is 10.0. The van der Waals surface area contributed by atoms with Crippen molar-refractivity contribution in [3.63, 3.8) is 0 Å². The fourth-order valence-electron chi connectivity index (χ4n) is 4.67. The first-order chi connectivity index (χ1) is 19.4. The Bertz CT molecular complexity index is 1110. The zero-order valence-electron chi connectivity index (χ0n) is 21.5. The molecule has 234 valence electrons. The molecule has 4 bridgehead atoms. The van der Waals surface area contributed by atoms with Crippen LogP contribution in [0.5, 0.6) is 0 Å². The number of carbonyl (C=O) groups excluding carboxylic acids is 4. The molecule has 4 fully saturated rings. The number of piperidine rings is 2. The zero-order chi connectivity index (χ0) is 30.3. The van der Waals surface area contributed by atoms with Gasteiger partial charge in [0.2, 0.25) is 0 Å². The summed E-state index contributed by atoms with van der Waals surface area (Å²) >= 11 is -2.57. The standard InChI is InChI=1S/C9H16N4O7S.C9H16N4O6S/c10-3-4-19-11-8(14)7-2-1-6-5-12(7)9(15)13(6)20-21(16,17)18;10-3-4-18-11-8(14)7-2-1-6-5-12(7)9(15)13(6)19-20(16)17/h6-7H,1-5,10H2,(H,11,14)(H,16,17,18);6-7H,1-5,10H2,(H,11,14)(H,16,17)/t2*6-,7+/m11/s1. The Hall–Kier alpha value is -2.74. The van der Waals surface area contributed by atoms with Gasteiger partial charge in [0, 0.05) is 26.2 Å². The number of nitrogens with one attached hydrogen (secondary N) is 2. The second-order valence-corrected chi connectivity index (χ2v) is 10.6. The Morgan fingerprint density at radius 1 is 0.878 bits per heavy atom. The highest BCUT2D eigenvalue weighted by Gasteiger charge is 2.50. The number of hydroxylamine groups is 6. The van der Waals surface area contributed by atoms with Crippen LogP contribution in [0, 0.1) is 0 Å². The minimum atomic E-state index is -4.80. The summed E-state index contributed by atoms with van der Waals surface area (Å²) in [5, 5.41) is 1.42. The van der Waals surface area contributed by atoms with Crippen LogP contribution in [0.15, 0.2) is 0 Å². The fourth-order valence-corrected chi connectivity index (χ4v) is 5.38. The van der Waals surface area contributed by atoms with E-state index in [1.807, 2.05) is 0 Å². The van der Waals surface area contributed by atoms with Crippen LogP contribution < -0.4 is 22.4 Å². The Morgan fingerprint density at radius 2 is 1.32 bits per heavy atom. The molecule has 0 saturated carbocycles. The predicted octanol–water partition coefficient (Wildman–Crippen LogP) is -3.67. The van der Waals surface area contributed by atoms with E-state index in [4.69, 9.17) is 30.2 Å². The number of urea groups is 2. The molecule has 23 heteroatoms. The first-order valence-electron chi connectivity index (χ1n) is 12.3. The maximum Gasteiger partial charge on any atom is 0.418 e. The molecule has 0 aromatic rings. The molecule has 0 aromatic heterocycles. The van der Waals surface area contributed by atoms with Crippen LogP contribution in [0.3, 0.4) is 0 Å². The summed E-state index contributed by atoms with van der Waals surface area (Å²) in [5.41, 5.74) is 14.8. The van der Waals surface area contributed by atoms with Crippen LogP contribution in [0.1, 0.15) is 25.7 Å². The van der Waals surface area contributed by atoms with Crippen molar-refractivity contribution >= 4 is 45.6 Å². The number of nitrogens with two attached hydrogens (primary N) is 2. The van der Waals surface area contributed by atoms with Crippen molar-refractivity contribution in [3.05, 3.63) is 0 Å². The van der Waals surface area contributed by atoms with Gasteiger partial charge < -0.3 is 21.3 Å². The van der Waals surface area contributed by atoms with Crippen LogP contribution >= 0.6 is 0 Å². The Balaban J connectivity index is 0.000000226. The lowest BCUT2D eigenvalue weighted by molar-refractivity contribution is -0.139. The van der Waals surface area contributed by atoms with Crippen molar-refractivity contribution in [1.29, 1.82) is 0 Å². The molecule has 4 aliphatic heterocycles. The molecule has 0 aromatic carbocycles. The third-order valence-corrected chi connectivity index (χ3v) is 6.99. The van der Waals surface area contributed by atoms with Crippen molar-refractivity contribution in [1.82, 2.24) is 30.9 Å². The van der Waals surface area contributed by atoms with Gasteiger partial charge in [-0.3, -0.25) is 28.4 Å². The van der Waals surface area contributed by atoms with Gasteiger partial charge in [0.25, 0.3) is 11.8 Å². The molecule has 0 spiro atoms. The van der Waals surface area contributed by atoms with E-state index in [2.05, 4.69) is 19.5 Å². The maximum absolute atomic E-state index is 12.0. The third kappa shape index (κ3) is 8.40. The largest absolute Gasteiger partial charge is 0.418 e. The predicted molar refractivity (Wildman–Crippen MR) is 132 cm³/mol. The van der Waals surface area contributed by atoms with Gasteiger partial charge >= 0.3 is 33.8 Å².